The van der Waals surface area contributed by atoms with E-state index in [0.29, 0.717) is 5.69 Å². The number of carbonyl (C=O) groups is 3. The van der Waals surface area contributed by atoms with Gasteiger partial charge in [-0.1, -0.05) is 6.08 Å². The molecule has 0 N–H and O–H groups in total. The first kappa shape index (κ1) is 14.1. The van der Waals surface area contributed by atoms with Crippen LogP contribution in [-0.4, -0.2) is 41.1 Å². The molecule has 0 aliphatic carbocycles. The van der Waals surface area contributed by atoms with Crippen molar-refractivity contribution in [2.45, 2.75) is 18.6 Å². The summed E-state index contributed by atoms with van der Waals surface area (Å²) in [5, 5.41) is 0. The van der Waals surface area contributed by atoms with Crippen LogP contribution < -0.4 is 4.90 Å². The second-order valence-corrected chi connectivity index (χ2v) is 5.90. The number of pyridine rings is 1. The molecule has 23 heavy (non-hydrogen) atoms. The van der Waals surface area contributed by atoms with Crippen LogP contribution in [0.15, 0.2) is 36.7 Å². The number of fused-ring (bicyclic) bond motifs is 5. The van der Waals surface area contributed by atoms with Crippen molar-refractivity contribution in [3.63, 3.8) is 0 Å². The highest BCUT2D eigenvalue weighted by molar-refractivity contribution is 6.23. The molecule has 2 fully saturated rings. The number of nitrogens with zero attached hydrogens (tertiary/aromatic N) is 2. The molecular formula is C16H14N2O5. The fraction of sp³-hybridized carbons (Fsp3) is 0.375. The second-order valence-electron chi connectivity index (χ2n) is 5.90. The minimum Gasteiger partial charge on any atom is -0.462 e. The van der Waals surface area contributed by atoms with Crippen LogP contribution in [0.4, 0.5) is 5.69 Å². The van der Waals surface area contributed by atoms with Crippen molar-refractivity contribution in [3.05, 3.63) is 36.7 Å². The highest BCUT2D eigenvalue weighted by atomic mass is 16.6. The van der Waals surface area contributed by atoms with Crippen molar-refractivity contribution in [3.8, 4) is 0 Å². The number of carbonyl (C=O) groups excluding carboxylic acids is 3. The van der Waals surface area contributed by atoms with Crippen LogP contribution >= 0.6 is 0 Å². The van der Waals surface area contributed by atoms with Gasteiger partial charge in [-0.2, -0.15) is 0 Å². The molecule has 0 unspecified atom stereocenters. The van der Waals surface area contributed by atoms with E-state index in [2.05, 4.69) is 4.98 Å². The Labute approximate surface area is 131 Å². The molecule has 4 atom stereocenters. The van der Waals surface area contributed by atoms with Gasteiger partial charge in [0.05, 0.1) is 29.8 Å². The lowest BCUT2D eigenvalue weighted by Crippen LogP contribution is -2.44. The Kier molecular flexibility index (Phi) is 2.89. The Morgan fingerprint density at radius 1 is 1.43 bits per heavy atom. The number of esters is 1. The molecule has 4 heterocycles. The number of hydrogen-bond acceptors (Lipinski definition) is 6. The average Bonchev–Trinajstić information content (AvgIpc) is 3.17. The standard InChI is InChI=1S/C16H14N2O5/c1-9(19)22-8-16-5-4-11(23-16)12-13(16)15(21)18(14(12)20)10-3-2-6-17-7-10/h2-7,11-13H,8H2,1H3/t11-,12+,13+,16-/m1/s1. The molecule has 2 amide bonds. The number of aromatic nitrogens is 1. The first-order valence-electron chi connectivity index (χ1n) is 7.32. The van der Waals surface area contributed by atoms with Crippen molar-refractivity contribution in [2.75, 3.05) is 11.5 Å². The molecule has 7 nitrogen and oxygen atoms in total. The SMILES string of the molecule is CC(=O)OC[C@@]12C=C[C@@H](O1)[C@@H]1C(=O)N(c3cccnc3)C(=O)[C@H]12. The van der Waals surface area contributed by atoms with Gasteiger partial charge in [-0.15, -0.1) is 0 Å². The second kappa shape index (κ2) is 4.73. The zero-order valence-electron chi connectivity index (χ0n) is 12.3. The molecule has 118 valence electrons. The Morgan fingerprint density at radius 2 is 2.26 bits per heavy atom. The minimum atomic E-state index is -1.05. The summed E-state index contributed by atoms with van der Waals surface area (Å²) in [4.78, 5) is 41.8. The third-order valence-corrected chi connectivity index (χ3v) is 4.56. The summed E-state index contributed by atoms with van der Waals surface area (Å²) in [5.41, 5.74) is -0.607. The van der Waals surface area contributed by atoms with Gasteiger partial charge >= 0.3 is 5.97 Å². The van der Waals surface area contributed by atoms with Gasteiger partial charge in [-0.3, -0.25) is 19.4 Å². The molecule has 2 bridgehead atoms. The quantitative estimate of drug-likeness (QED) is 0.458. The molecule has 2 saturated heterocycles. The lowest BCUT2D eigenvalue weighted by molar-refractivity contribution is -0.150. The molecule has 3 aliphatic heterocycles. The van der Waals surface area contributed by atoms with Crippen molar-refractivity contribution in [1.29, 1.82) is 0 Å². The molecule has 3 aliphatic rings. The zero-order chi connectivity index (χ0) is 16.2. The highest BCUT2D eigenvalue weighted by Gasteiger charge is 2.68. The Balaban J connectivity index is 1.70. The van der Waals surface area contributed by atoms with E-state index < -0.39 is 29.5 Å². The van der Waals surface area contributed by atoms with E-state index in [4.69, 9.17) is 9.47 Å². The van der Waals surface area contributed by atoms with Crippen LogP contribution in [0.25, 0.3) is 0 Å². The van der Waals surface area contributed by atoms with E-state index in [1.807, 2.05) is 0 Å². The third kappa shape index (κ3) is 1.86. The van der Waals surface area contributed by atoms with Crippen LogP contribution in [0.2, 0.25) is 0 Å². The van der Waals surface area contributed by atoms with E-state index >= 15 is 0 Å². The van der Waals surface area contributed by atoms with E-state index in [0.717, 1.165) is 4.90 Å². The lowest BCUT2D eigenvalue weighted by Gasteiger charge is -2.28. The average molecular weight is 314 g/mol. The summed E-state index contributed by atoms with van der Waals surface area (Å²) >= 11 is 0. The zero-order valence-corrected chi connectivity index (χ0v) is 12.3. The van der Waals surface area contributed by atoms with Gasteiger partial charge in [0.1, 0.15) is 12.2 Å². The lowest BCUT2D eigenvalue weighted by atomic mass is 9.77. The number of ether oxygens (including phenoxy) is 2. The first-order chi connectivity index (χ1) is 11.0. The summed E-state index contributed by atoms with van der Waals surface area (Å²) in [6, 6.07) is 3.33. The van der Waals surface area contributed by atoms with Crippen molar-refractivity contribution in [1.82, 2.24) is 4.98 Å². The summed E-state index contributed by atoms with van der Waals surface area (Å²) < 4.78 is 10.9. The minimum absolute atomic E-state index is 0.0730. The number of amides is 2. The van der Waals surface area contributed by atoms with E-state index in [9.17, 15) is 14.4 Å². The molecule has 1 aromatic heterocycles. The Bertz CT molecular complexity index is 731. The van der Waals surface area contributed by atoms with Gasteiger partial charge in [0.25, 0.3) is 0 Å². The van der Waals surface area contributed by atoms with Crippen LogP contribution in [0.5, 0.6) is 0 Å². The molecule has 4 rings (SSSR count). The van der Waals surface area contributed by atoms with E-state index in [1.165, 1.54) is 13.1 Å². The molecule has 0 aromatic carbocycles. The first-order valence-corrected chi connectivity index (χ1v) is 7.32. The summed E-state index contributed by atoms with van der Waals surface area (Å²) in [6.45, 7) is 1.22. The number of imide groups is 1. The van der Waals surface area contributed by atoms with Crippen LogP contribution in [0.1, 0.15) is 6.92 Å². The smallest absolute Gasteiger partial charge is 0.302 e. The van der Waals surface area contributed by atoms with Gasteiger partial charge in [-0.05, 0) is 18.2 Å². The third-order valence-electron chi connectivity index (χ3n) is 4.56. The number of hydrogen-bond donors (Lipinski definition) is 0. The summed E-state index contributed by atoms with van der Waals surface area (Å²) in [5.74, 6) is -2.35. The molecular weight excluding hydrogens is 300 g/mol. The maximum Gasteiger partial charge on any atom is 0.302 e. The number of anilines is 1. The molecule has 0 saturated carbocycles. The summed E-state index contributed by atoms with van der Waals surface area (Å²) in [7, 11) is 0. The summed E-state index contributed by atoms with van der Waals surface area (Å²) in [6.07, 6.45) is 6.09. The van der Waals surface area contributed by atoms with Crippen molar-refractivity contribution >= 4 is 23.5 Å². The largest absolute Gasteiger partial charge is 0.462 e. The van der Waals surface area contributed by atoms with Gasteiger partial charge in [0, 0.05) is 13.1 Å². The maximum atomic E-state index is 12.9. The topological polar surface area (TPSA) is 85.8 Å². The number of rotatable bonds is 3. The molecule has 1 aromatic rings. The molecule has 0 spiro atoms. The Morgan fingerprint density at radius 3 is 2.96 bits per heavy atom. The maximum absolute atomic E-state index is 12.9. The van der Waals surface area contributed by atoms with Crippen LogP contribution in [0, 0.1) is 11.8 Å². The van der Waals surface area contributed by atoms with Crippen LogP contribution in [-0.2, 0) is 23.9 Å². The van der Waals surface area contributed by atoms with Gasteiger partial charge in [-0.25, -0.2) is 4.90 Å². The normalized spacial score (nSPS) is 34.1. The van der Waals surface area contributed by atoms with Gasteiger partial charge in [0.15, 0.2) is 0 Å². The fourth-order valence-electron chi connectivity index (χ4n) is 3.62. The van der Waals surface area contributed by atoms with Crippen molar-refractivity contribution in [2.24, 2.45) is 11.8 Å². The predicted molar refractivity (Wildman–Crippen MR) is 77.1 cm³/mol. The van der Waals surface area contributed by atoms with Crippen LogP contribution in [0.3, 0.4) is 0 Å². The monoisotopic (exact) mass is 314 g/mol. The predicted octanol–water partition coefficient (Wildman–Crippen LogP) is 0.458. The van der Waals surface area contributed by atoms with E-state index in [1.54, 1.807) is 30.5 Å². The highest BCUT2D eigenvalue weighted by Crippen LogP contribution is 2.52. The molecule has 7 heteroatoms. The Hall–Kier alpha value is -2.54. The van der Waals surface area contributed by atoms with Crippen molar-refractivity contribution < 1.29 is 23.9 Å². The van der Waals surface area contributed by atoms with E-state index in [-0.39, 0.29) is 18.4 Å². The fourth-order valence-corrected chi connectivity index (χ4v) is 3.62. The molecule has 0 radical (unpaired) electrons. The van der Waals surface area contributed by atoms with Gasteiger partial charge < -0.3 is 9.47 Å². The van der Waals surface area contributed by atoms with Gasteiger partial charge in [0.2, 0.25) is 11.8 Å².